The molecule has 1 N–H and O–H groups in total. The molecule has 108 valence electrons. The third-order valence-corrected chi connectivity index (χ3v) is 2.63. The van der Waals surface area contributed by atoms with Crippen LogP contribution in [0.3, 0.4) is 0 Å². The van der Waals surface area contributed by atoms with Gasteiger partial charge in [-0.2, -0.15) is 13.2 Å². The van der Waals surface area contributed by atoms with Crippen molar-refractivity contribution in [2.75, 3.05) is 13.2 Å². The lowest BCUT2D eigenvalue weighted by molar-refractivity contribution is -0.259. The Morgan fingerprint density at radius 1 is 1.05 bits per heavy atom. The lowest BCUT2D eigenvalue weighted by Crippen LogP contribution is -2.40. The summed E-state index contributed by atoms with van der Waals surface area (Å²) in [4.78, 5) is 0. The van der Waals surface area contributed by atoms with E-state index in [1.54, 1.807) is 13.8 Å². The number of aliphatic hydroxyl groups is 1. The lowest BCUT2D eigenvalue weighted by Gasteiger charge is -2.30. The van der Waals surface area contributed by atoms with E-state index in [9.17, 15) is 18.3 Å². The van der Waals surface area contributed by atoms with Crippen LogP contribution >= 0.6 is 0 Å². The van der Waals surface area contributed by atoms with Gasteiger partial charge in [-0.05, 0) is 32.9 Å². The molecule has 0 spiro atoms. The van der Waals surface area contributed by atoms with Gasteiger partial charge in [0.2, 0.25) is 0 Å². The van der Waals surface area contributed by atoms with Crippen LogP contribution in [0.15, 0.2) is 18.2 Å². The van der Waals surface area contributed by atoms with E-state index in [0.29, 0.717) is 6.92 Å². The van der Waals surface area contributed by atoms with E-state index in [2.05, 4.69) is 0 Å². The Bertz CT molecular complexity index is 403. The molecule has 1 rings (SSSR count). The van der Waals surface area contributed by atoms with Gasteiger partial charge in [0.25, 0.3) is 0 Å². The maximum atomic E-state index is 13.0. The van der Waals surface area contributed by atoms with Crippen molar-refractivity contribution in [1.82, 2.24) is 0 Å². The molecule has 19 heavy (non-hydrogen) atoms. The van der Waals surface area contributed by atoms with Gasteiger partial charge in [-0.3, -0.25) is 0 Å². The summed E-state index contributed by atoms with van der Waals surface area (Å²) < 4.78 is 49.3. The van der Waals surface area contributed by atoms with Crippen molar-refractivity contribution in [3.63, 3.8) is 0 Å². The second-order valence-corrected chi connectivity index (χ2v) is 4.07. The SMILES string of the molecule is CCOc1cccc(OCC)c1C(C)(O)C(F)(F)F. The number of halogens is 3. The zero-order valence-corrected chi connectivity index (χ0v) is 11.0. The van der Waals surface area contributed by atoms with Gasteiger partial charge in [-0.15, -0.1) is 0 Å². The van der Waals surface area contributed by atoms with Gasteiger partial charge in [0.1, 0.15) is 11.5 Å². The molecule has 0 aliphatic rings. The van der Waals surface area contributed by atoms with Crippen LogP contribution in [0.25, 0.3) is 0 Å². The third kappa shape index (κ3) is 3.12. The third-order valence-electron chi connectivity index (χ3n) is 2.63. The van der Waals surface area contributed by atoms with Crippen molar-refractivity contribution in [2.45, 2.75) is 32.5 Å². The first-order chi connectivity index (χ1) is 8.75. The Kier molecular flexibility index (Phi) is 4.68. The minimum atomic E-state index is -4.83. The van der Waals surface area contributed by atoms with Crippen LogP contribution in [0, 0.1) is 0 Å². The molecule has 1 aromatic rings. The van der Waals surface area contributed by atoms with E-state index in [4.69, 9.17) is 9.47 Å². The van der Waals surface area contributed by atoms with Gasteiger partial charge < -0.3 is 14.6 Å². The van der Waals surface area contributed by atoms with E-state index in [0.717, 1.165) is 0 Å². The minimum absolute atomic E-state index is 0.0317. The van der Waals surface area contributed by atoms with Crippen LogP contribution in [0.5, 0.6) is 11.5 Å². The molecule has 0 aliphatic heterocycles. The first-order valence-electron chi connectivity index (χ1n) is 5.93. The van der Waals surface area contributed by atoms with Crippen molar-refractivity contribution in [2.24, 2.45) is 0 Å². The summed E-state index contributed by atoms with van der Waals surface area (Å²) in [6.45, 7) is 4.37. The zero-order valence-electron chi connectivity index (χ0n) is 11.0. The predicted octanol–water partition coefficient (Wildman–Crippen LogP) is 3.25. The molecule has 0 amide bonds. The van der Waals surface area contributed by atoms with E-state index in [-0.39, 0.29) is 24.7 Å². The molecule has 0 radical (unpaired) electrons. The van der Waals surface area contributed by atoms with Crippen molar-refractivity contribution in [3.8, 4) is 11.5 Å². The zero-order chi connectivity index (χ0) is 14.7. The standard InChI is InChI=1S/C13H17F3O3/c1-4-18-9-7-6-8-10(19-5-2)11(9)12(3,17)13(14,15)16/h6-8,17H,4-5H2,1-3H3. The van der Waals surface area contributed by atoms with E-state index in [1.807, 2.05) is 0 Å². The normalized spacial score (nSPS) is 14.9. The van der Waals surface area contributed by atoms with Gasteiger partial charge in [0.15, 0.2) is 5.60 Å². The maximum Gasteiger partial charge on any atom is 0.421 e. The predicted molar refractivity (Wildman–Crippen MR) is 64.4 cm³/mol. The Morgan fingerprint density at radius 3 is 1.79 bits per heavy atom. The number of alkyl halides is 3. The van der Waals surface area contributed by atoms with Gasteiger partial charge >= 0.3 is 6.18 Å². The van der Waals surface area contributed by atoms with Crippen LogP contribution in [0.4, 0.5) is 13.2 Å². The van der Waals surface area contributed by atoms with Crippen molar-refractivity contribution >= 4 is 0 Å². The summed E-state index contributed by atoms with van der Waals surface area (Å²) in [5.41, 5.74) is -3.44. The molecular formula is C13H17F3O3. The molecule has 3 nitrogen and oxygen atoms in total. The van der Waals surface area contributed by atoms with Gasteiger partial charge in [0, 0.05) is 0 Å². The van der Waals surface area contributed by atoms with Crippen molar-refractivity contribution in [3.05, 3.63) is 23.8 Å². The van der Waals surface area contributed by atoms with Crippen LogP contribution < -0.4 is 9.47 Å². The van der Waals surface area contributed by atoms with Crippen LogP contribution in [-0.4, -0.2) is 24.5 Å². The van der Waals surface area contributed by atoms with E-state index < -0.39 is 17.3 Å². The molecule has 1 atom stereocenters. The Morgan fingerprint density at radius 2 is 1.47 bits per heavy atom. The van der Waals surface area contributed by atoms with Gasteiger partial charge in [-0.25, -0.2) is 0 Å². The number of hydrogen-bond acceptors (Lipinski definition) is 3. The molecular weight excluding hydrogens is 261 g/mol. The number of benzene rings is 1. The summed E-state index contributed by atoms with van der Waals surface area (Å²) in [5.74, 6) is -0.0634. The lowest BCUT2D eigenvalue weighted by atomic mass is 9.93. The molecule has 0 saturated heterocycles. The molecule has 0 aromatic heterocycles. The van der Waals surface area contributed by atoms with E-state index >= 15 is 0 Å². The first-order valence-corrected chi connectivity index (χ1v) is 5.93. The smallest absolute Gasteiger partial charge is 0.421 e. The highest BCUT2D eigenvalue weighted by molar-refractivity contribution is 5.49. The fourth-order valence-electron chi connectivity index (χ4n) is 1.68. The quantitative estimate of drug-likeness (QED) is 0.898. The average molecular weight is 278 g/mol. The van der Waals surface area contributed by atoms with Crippen molar-refractivity contribution < 1.29 is 27.8 Å². The highest BCUT2D eigenvalue weighted by Crippen LogP contribution is 2.46. The molecule has 0 bridgehead atoms. The fourth-order valence-corrected chi connectivity index (χ4v) is 1.68. The van der Waals surface area contributed by atoms with Crippen LogP contribution in [-0.2, 0) is 5.60 Å². The summed E-state index contributed by atoms with van der Waals surface area (Å²) >= 11 is 0. The molecule has 0 fully saturated rings. The summed E-state index contributed by atoms with van der Waals surface area (Å²) in [5, 5.41) is 9.85. The summed E-state index contributed by atoms with van der Waals surface area (Å²) in [6.07, 6.45) is -4.83. The highest BCUT2D eigenvalue weighted by atomic mass is 19.4. The van der Waals surface area contributed by atoms with Crippen molar-refractivity contribution in [1.29, 1.82) is 0 Å². The topological polar surface area (TPSA) is 38.7 Å². The monoisotopic (exact) mass is 278 g/mol. The molecule has 1 aromatic carbocycles. The average Bonchev–Trinajstić information content (AvgIpc) is 2.28. The molecule has 6 heteroatoms. The Hall–Kier alpha value is -1.43. The Labute approximate surface area is 110 Å². The number of hydrogen-bond donors (Lipinski definition) is 1. The first kappa shape index (κ1) is 15.6. The van der Waals surface area contributed by atoms with E-state index in [1.165, 1.54) is 18.2 Å². The largest absolute Gasteiger partial charge is 0.493 e. The van der Waals surface area contributed by atoms with Crippen LogP contribution in [0.1, 0.15) is 26.3 Å². The summed E-state index contributed by atoms with van der Waals surface area (Å²) in [6, 6.07) is 4.27. The second-order valence-electron chi connectivity index (χ2n) is 4.07. The molecule has 1 unspecified atom stereocenters. The fraction of sp³-hybridized carbons (Fsp3) is 0.538. The maximum absolute atomic E-state index is 13.0. The molecule has 0 heterocycles. The number of rotatable bonds is 5. The van der Waals surface area contributed by atoms with Gasteiger partial charge in [-0.1, -0.05) is 6.07 Å². The highest BCUT2D eigenvalue weighted by Gasteiger charge is 2.54. The second kappa shape index (κ2) is 5.69. The van der Waals surface area contributed by atoms with Gasteiger partial charge in [0.05, 0.1) is 18.8 Å². The molecule has 0 aliphatic carbocycles. The van der Waals surface area contributed by atoms with Crippen LogP contribution in [0.2, 0.25) is 0 Å². The molecule has 0 saturated carbocycles. The minimum Gasteiger partial charge on any atom is -0.493 e. The number of ether oxygens (including phenoxy) is 2. The summed E-state index contributed by atoms with van der Waals surface area (Å²) in [7, 11) is 0. The Balaban J connectivity index is 3.43.